The summed E-state index contributed by atoms with van der Waals surface area (Å²) in [6.07, 6.45) is 10.1. The summed E-state index contributed by atoms with van der Waals surface area (Å²) < 4.78 is 0. The zero-order valence-electron chi connectivity index (χ0n) is 13.7. The molecule has 1 aliphatic heterocycles. The average molecular weight is 330 g/mol. The van der Waals surface area contributed by atoms with Crippen LogP contribution in [0.25, 0.3) is 6.08 Å². The lowest BCUT2D eigenvalue weighted by molar-refractivity contribution is -0.117. The van der Waals surface area contributed by atoms with E-state index in [0.29, 0.717) is 17.7 Å². The smallest absolute Gasteiger partial charge is 0.248 e. The van der Waals surface area contributed by atoms with Crippen molar-refractivity contribution in [2.75, 3.05) is 16.8 Å². The first kappa shape index (κ1) is 16.5. The number of benzene rings is 2. The normalized spacial score (nSPS) is 13.9. The second-order valence-corrected chi connectivity index (χ2v) is 5.79. The number of carbonyl (C=O) groups excluding carboxylic acids is 2. The van der Waals surface area contributed by atoms with Crippen LogP contribution in [0.3, 0.4) is 0 Å². The second kappa shape index (κ2) is 7.50. The van der Waals surface area contributed by atoms with E-state index in [9.17, 15) is 9.59 Å². The van der Waals surface area contributed by atoms with Crippen LogP contribution in [0.4, 0.5) is 11.4 Å². The number of nitrogens with one attached hydrogen (secondary N) is 1. The number of hydrogen-bond acceptors (Lipinski definition) is 2. The van der Waals surface area contributed by atoms with Gasteiger partial charge in [0.1, 0.15) is 0 Å². The molecule has 0 spiro atoms. The van der Waals surface area contributed by atoms with Crippen LogP contribution in [0.5, 0.6) is 0 Å². The molecule has 25 heavy (non-hydrogen) atoms. The molecule has 0 aromatic heterocycles. The van der Waals surface area contributed by atoms with Gasteiger partial charge in [0.25, 0.3) is 0 Å². The van der Waals surface area contributed by atoms with E-state index >= 15 is 0 Å². The van der Waals surface area contributed by atoms with E-state index in [4.69, 9.17) is 6.42 Å². The van der Waals surface area contributed by atoms with Crippen molar-refractivity contribution in [3.05, 3.63) is 65.7 Å². The Bertz CT molecular complexity index is 860. The Morgan fingerprint density at radius 3 is 2.68 bits per heavy atom. The van der Waals surface area contributed by atoms with Gasteiger partial charge in [-0.2, -0.15) is 0 Å². The molecule has 0 aliphatic carbocycles. The molecule has 0 saturated carbocycles. The van der Waals surface area contributed by atoms with E-state index < -0.39 is 0 Å². The third-order valence-corrected chi connectivity index (χ3v) is 4.00. The standard InChI is InChI=1S/C21H18N2O2/c1-2-16-5-3-6-18(15-16)22-20(24)13-10-17-8-11-19(12-9-17)23-14-4-7-21(23)25/h1,3,5-6,8-13,15H,4,7,14H2,(H,22,24)/b13-10+. The van der Waals surface area contributed by atoms with Crippen LogP contribution in [-0.2, 0) is 9.59 Å². The van der Waals surface area contributed by atoms with Crippen LogP contribution in [0, 0.1) is 12.3 Å². The minimum atomic E-state index is -0.229. The predicted octanol–water partition coefficient (Wildman–Crippen LogP) is 3.45. The van der Waals surface area contributed by atoms with Gasteiger partial charge in [-0.15, -0.1) is 6.42 Å². The highest BCUT2D eigenvalue weighted by Gasteiger charge is 2.21. The van der Waals surface area contributed by atoms with E-state index in [1.54, 1.807) is 35.2 Å². The highest BCUT2D eigenvalue weighted by Crippen LogP contribution is 2.22. The summed E-state index contributed by atoms with van der Waals surface area (Å²) in [5, 5.41) is 2.77. The van der Waals surface area contributed by atoms with Gasteiger partial charge >= 0.3 is 0 Å². The highest BCUT2D eigenvalue weighted by atomic mass is 16.2. The third kappa shape index (κ3) is 4.15. The Hall–Kier alpha value is -3.32. The molecule has 2 aromatic rings. The molecule has 0 unspecified atom stereocenters. The van der Waals surface area contributed by atoms with Crippen molar-refractivity contribution >= 4 is 29.3 Å². The number of rotatable bonds is 4. The summed E-state index contributed by atoms with van der Waals surface area (Å²) in [7, 11) is 0. The first-order valence-electron chi connectivity index (χ1n) is 8.12. The average Bonchev–Trinajstić information content (AvgIpc) is 3.06. The number of hydrogen-bond donors (Lipinski definition) is 1. The SMILES string of the molecule is C#Cc1cccc(NC(=O)/C=C/c2ccc(N3CCCC3=O)cc2)c1. The maximum Gasteiger partial charge on any atom is 0.248 e. The van der Waals surface area contributed by atoms with Crippen LogP contribution < -0.4 is 10.2 Å². The summed E-state index contributed by atoms with van der Waals surface area (Å²) in [6.45, 7) is 0.771. The molecule has 0 bridgehead atoms. The lowest BCUT2D eigenvalue weighted by atomic mass is 10.1. The van der Waals surface area contributed by atoms with E-state index in [-0.39, 0.29) is 11.8 Å². The van der Waals surface area contributed by atoms with Crippen LogP contribution in [0.1, 0.15) is 24.0 Å². The summed E-state index contributed by atoms with van der Waals surface area (Å²) in [5.41, 5.74) is 3.17. The lowest BCUT2D eigenvalue weighted by Crippen LogP contribution is -2.23. The molecule has 124 valence electrons. The first-order chi connectivity index (χ1) is 12.2. The lowest BCUT2D eigenvalue weighted by Gasteiger charge is -2.15. The van der Waals surface area contributed by atoms with Crippen molar-refractivity contribution in [2.45, 2.75) is 12.8 Å². The molecule has 0 atom stereocenters. The molecule has 2 amide bonds. The number of terminal acetylenes is 1. The van der Waals surface area contributed by atoms with Gasteiger partial charge in [-0.1, -0.05) is 24.1 Å². The predicted molar refractivity (Wildman–Crippen MR) is 100 cm³/mol. The van der Waals surface area contributed by atoms with Crippen LogP contribution in [-0.4, -0.2) is 18.4 Å². The fourth-order valence-corrected chi connectivity index (χ4v) is 2.73. The zero-order chi connectivity index (χ0) is 17.6. The van der Waals surface area contributed by atoms with Gasteiger partial charge in [0, 0.05) is 36.0 Å². The van der Waals surface area contributed by atoms with Gasteiger partial charge in [0.15, 0.2) is 0 Å². The van der Waals surface area contributed by atoms with Crippen LogP contribution in [0.15, 0.2) is 54.6 Å². The molecule has 3 rings (SSSR count). The van der Waals surface area contributed by atoms with E-state index in [2.05, 4.69) is 11.2 Å². The number of anilines is 2. The molecule has 1 aliphatic rings. The van der Waals surface area contributed by atoms with Gasteiger partial charge in [-0.05, 0) is 48.4 Å². The minimum absolute atomic E-state index is 0.164. The van der Waals surface area contributed by atoms with Crippen molar-refractivity contribution in [3.63, 3.8) is 0 Å². The van der Waals surface area contributed by atoms with Crippen molar-refractivity contribution in [1.82, 2.24) is 0 Å². The first-order valence-corrected chi connectivity index (χ1v) is 8.12. The Kier molecular flexibility index (Phi) is 4.96. The van der Waals surface area contributed by atoms with Gasteiger partial charge in [0.05, 0.1) is 0 Å². The van der Waals surface area contributed by atoms with E-state index in [0.717, 1.165) is 24.2 Å². The minimum Gasteiger partial charge on any atom is -0.322 e. The Labute approximate surface area is 147 Å². The third-order valence-electron chi connectivity index (χ3n) is 4.00. The van der Waals surface area contributed by atoms with Gasteiger partial charge in [0.2, 0.25) is 11.8 Å². The molecule has 2 aromatic carbocycles. The molecule has 1 saturated heterocycles. The van der Waals surface area contributed by atoms with E-state index in [1.165, 1.54) is 6.08 Å². The number of amides is 2. The number of nitrogens with zero attached hydrogens (tertiary/aromatic N) is 1. The summed E-state index contributed by atoms with van der Waals surface area (Å²) in [5.74, 6) is 2.47. The summed E-state index contributed by atoms with van der Waals surface area (Å²) >= 11 is 0. The van der Waals surface area contributed by atoms with Gasteiger partial charge in [-0.25, -0.2) is 0 Å². The van der Waals surface area contributed by atoms with Crippen LogP contribution >= 0.6 is 0 Å². The molecule has 1 heterocycles. The Balaban J connectivity index is 1.62. The van der Waals surface area contributed by atoms with Crippen molar-refractivity contribution in [3.8, 4) is 12.3 Å². The largest absolute Gasteiger partial charge is 0.322 e. The summed E-state index contributed by atoms with van der Waals surface area (Å²) in [4.78, 5) is 25.5. The molecule has 0 radical (unpaired) electrons. The molecule has 4 heteroatoms. The summed E-state index contributed by atoms with van der Waals surface area (Å²) in [6, 6.07) is 14.7. The molecular formula is C21H18N2O2. The molecule has 1 fully saturated rings. The van der Waals surface area contributed by atoms with Gasteiger partial charge in [-0.3, -0.25) is 9.59 Å². The second-order valence-electron chi connectivity index (χ2n) is 5.79. The molecule has 4 nitrogen and oxygen atoms in total. The van der Waals surface area contributed by atoms with E-state index in [1.807, 2.05) is 24.3 Å². The Morgan fingerprint density at radius 1 is 1.20 bits per heavy atom. The van der Waals surface area contributed by atoms with Crippen molar-refractivity contribution in [1.29, 1.82) is 0 Å². The number of carbonyl (C=O) groups is 2. The Morgan fingerprint density at radius 2 is 2.00 bits per heavy atom. The van der Waals surface area contributed by atoms with Crippen molar-refractivity contribution < 1.29 is 9.59 Å². The van der Waals surface area contributed by atoms with Crippen LogP contribution in [0.2, 0.25) is 0 Å². The maximum absolute atomic E-state index is 12.0. The topological polar surface area (TPSA) is 49.4 Å². The molecule has 1 N–H and O–H groups in total. The molecular weight excluding hydrogens is 312 g/mol. The fourth-order valence-electron chi connectivity index (χ4n) is 2.73. The van der Waals surface area contributed by atoms with Gasteiger partial charge < -0.3 is 10.2 Å². The van der Waals surface area contributed by atoms with Crippen molar-refractivity contribution in [2.24, 2.45) is 0 Å². The quantitative estimate of drug-likeness (QED) is 0.689. The maximum atomic E-state index is 12.0. The zero-order valence-corrected chi connectivity index (χ0v) is 13.7. The fraction of sp³-hybridized carbons (Fsp3) is 0.143. The highest BCUT2D eigenvalue weighted by molar-refractivity contribution is 6.02. The monoisotopic (exact) mass is 330 g/mol.